The first-order chi connectivity index (χ1) is 14.3. The van der Waals surface area contributed by atoms with Gasteiger partial charge in [-0.1, -0.05) is 54.6 Å². The van der Waals surface area contributed by atoms with Gasteiger partial charge in [0.2, 0.25) is 5.91 Å². The number of aromatic nitrogens is 1. The summed E-state index contributed by atoms with van der Waals surface area (Å²) in [5, 5.41) is 5.42. The maximum absolute atomic E-state index is 12.6. The van der Waals surface area contributed by atoms with Crippen molar-refractivity contribution in [2.45, 2.75) is 25.3 Å². The highest BCUT2D eigenvalue weighted by atomic mass is 16.4. The van der Waals surface area contributed by atoms with Crippen molar-refractivity contribution in [1.29, 1.82) is 0 Å². The van der Waals surface area contributed by atoms with E-state index in [-0.39, 0.29) is 11.9 Å². The summed E-state index contributed by atoms with van der Waals surface area (Å²) in [6.07, 6.45) is 2.48. The molecule has 1 N–H and O–H groups in total. The fourth-order valence-electron chi connectivity index (χ4n) is 4.20. The Morgan fingerprint density at radius 1 is 1.07 bits per heavy atom. The molecule has 5 heteroatoms. The van der Waals surface area contributed by atoms with Gasteiger partial charge in [-0.2, -0.15) is 4.98 Å². The number of benzene rings is 3. The third-order valence-corrected chi connectivity index (χ3v) is 5.67. The number of hydrogen-bond donors (Lipinski definition) is 1. The second-order valence-electron chi connectivity index (χ2n) is 7.57. The van der Waals surface area contributed by atoms with Gasteiger partial charge in [0.25, 0.3) is 6.01 Å². The van der Waals surface area contributed by atoms with Gasteiger partial charge < -0.3 is 14.6 Å². The molecule has 0 bridgehead atoms. The Balaban J connectivity index is 1.26. The van der Waals surface area contributed by atoms with Crippen LogP contribution in [0.3, 0.4) is 0 Å². The number of nitrogens with zero attached hydrogens (tertiary/aromatic N) is 2. The van der Waals surface area contributed by atoms with Gasteiger partial charge in [0.1, 0.15) is 5.52 Å². The van der Waals surface area contributed by atoms with Gasteiger partial charge in [-0.25, -0.2) is 0 Å². The average Bonchev–Trinajstić information content (AvgIpc) is 3.39. The van der Waals surface area contributed by atoms with Crippen molar-refractivity contribution in [2.75, 3.05) is 18.0 Å². The molecule has 29 heavy (non-hydrogen) atoms. The Morgan fingerprint density at radius 3 is 2.83 bits per heavy atom. The second-order valence-corrected chi connectivity index (χ2v) is 7.57. The topological polar surface area (TPSA) is 58.4 Å². The Hall–Kier alpha value is -3.34. The number of rotatable bonds is 5. The van der Waals surface area contributed by atoms with Gasteiger partial charge in [-0.15, -0.1) is 0 Å². The van der Waals surface area contributed by atoms with Crippen LogP contribution in [-0.2, 0) is 11.2 Å². The van der Waals surface area contributed by atoms with Crippen LogP contribution in [0.2, 0.25) is 0 Å². The van der Waals surface area contributed by atoms with Crippen LogP contribution < -0.4 is 10.2 Å². The highest BCUT2D eigenvalue weighted by Crippen LogP contribution is 2.28. The number of para-hydroxylation sites is 2. The molecule has 5 nitrogen and oxygen atoms in total. The van der Waals surface area contributed by atoms with Crippen molar-refractivity contribution in [3.8, 4) is 0 Å². The van der Waals surface area contributed by atoms with Crippen LogP contribution >= 0.6 is 0 Å². The molecule has 0 unspecified atom stereocenters. The lowest BCUT2D eigenvalue weighted by atomic mass is 10.0. The summed E-state index contributed by atoms with van der Waals surface area (Å²) in [6, 6.07) is 23.0. The summed E-state index contributed by atoms with van der Waals surface area (Å²) in [5.74, 6) is 0.0470. The molecule has 146 valence electrons. The monoisotopic (exact) mass is 385 g/mol. The van der Waals surface area contributed by atoms with Crippen molar-refractivity contribution >= 4 is 33.8 Å². The second kappa shape index (κ2) is 7.59. The fraction of sp³-hybridized carbons (Fsp3) is 0.250. The Bertz CT molecular complexity index is 1130. The highest BCUT2D eigenvalue weighted by molar-refractivity contribution is 5.90. The zero-order valence-corrected chi connectivity index (χ0v) is 16.2. The molecular formula is C24H23N3O2. The number of amides is 1. The van der Waals surface area contributed by atoms with Crippen molar-refractivity contribution in [3.05, 3.63) is 72.3 Å². The molecule has 0 radical (unpaired) electrons. The molecule has 1 fully saturated rings. The highest BCUT2D eigenvalue weighted by Gasteiger charge is 2.28. The Kier molecular flexibility index (Phi) is 4.64. The van der Waals surface area contributed by atoms with Crippen LogP contribution in [0.4, 0.5) is 6.01 Å². The van der Waals surface area contributed by atoms with Gasteiger partial charge in [0.15, 0.2) is 5.58 Å². The van der Waals surface area contributed by atoms with E-state index < -0.39 is 0 Å². The number of fused-ring (bicyclic) bond motifs is 2. The van der Waals surface area contributed by atoms with E-state index in [1.165, 1.54) is 0 Å². The maximum Gasteiger partial charge on any atom is 0.298 e. The summed E-state index contributed by atoms with van der Waals surface area (Å²) in [4.78, 5) is 19.4. The summed E-state index contributed by atoms with van der Waals surface area (Å²) < 4.78 is 5.93. The quantitative estimate of drug-likeness (QED) is 0.556. The van der Waals surface area contributed by atoms with Gasteiger partial charge in [-0.3, -0.25) is 4.79 Å². The van der Waals surface area contributed by atoms with E-state index in [9.17, 15) is 4.79 Å². The Morgan fingerprint density at radius 2 is 1.90 bits per heavy atom. The molecule has 2 heterocycles. The first-order valence-corrected chi connectivity index (χ1v) is 10.1. The van der Waals surface area contributed by atoms with E-state index in [4.69, 9.17) is 4.42 Å². The normalized spacial score (nSPS) is 16.6. The number of carbonyl (C=O) groups excluding carboxylic acids is 1. The molecule has 1 amide bonds. The lowest BCUT2D eigenvalue weighted by Gasteiger charge is -2.23. The van der Waals surface area contributed by atoms with Crippen LogP contribution in [0, 0.1) is 0 Å². The fourth-order valence-corrected chi connectivity index (χ4v) is 4.20. The maximum atomic E-state index is 12.6. The predicted octanol–water partition coefficient (Wildman–Crippen LogP) is 4.31. The number of carbonyl (C=O) groups is 1. The first-order valence-electron chi connectivity index (χ1n) is 10.1. The minimum absolute atomic E-state index is 0.0470. The van der Waals surface area contributed by atoms with Crippen molar-refractivity contribution in [2.24, 2.45) is 0 Å². The molecule has 1 saturated heterocycles. The number of hydrogen-bond acceptors (Lipinski definition) is 4. The predicted molar refractivity (Wildman–Crippen MR) is 115 cm³/mol. The molecule has 1 aliphatic heterocycles. The first kappa shape index (κ1) is 17.7. The van der Waals surface area contributed by atoms with Gasteiger partial charge in [-0.05, 0) is 41.3 Å². The van der Waals surface area contributed by atoms with E-state index in [0.717, 1.165) is 46.8 Å². The largest absolute Gasteiger partial charge is 0.423 e. The summed E-state index contributed by atoms with van der Waals surface area (Å²) in [6.45, 7) is 1.50. The number of anilines is 1. The summed E-state index contributed by atoms with van der Waals surface area (Å²) >= 11 is 0. The number of nitrogens with one attached hydrogen (secondary N) is 1. The summed E-state index contributed by atoms with van der Waals surface area (Å²) in [7, 11) is 0. The van der Waals surface area contributed by atoms with Crippen LogP contribution in [0.1, 0.15) is 18.4 Å². The van der Waals surface area contributed by atoms with Gasteiger partial charge in [0, 0.05) is 13.1 Å². The SMILES string of the molecule is O=C(Cc1cccc2ccccc12)NC[C@@H]1CCCN1c1nc2ccccc2o1. The zero-order valence-electron chi connectivity index (χ0n) is 16.2. The molecule has 0 spiro atoms. The molecular weight excluding hydrogens is 362 g/mol. The lowest BCUT2D eigenvalue weighted by Crippen LogP contribution is -2.40. The van der Waals surface area contributed by atoms with E-state index in [0.29, 0.717) is 19.0 Å². The third kappa shape index (κ3) is 3.56. The molecule has 4 aromatic rings. The number of oxazole rings is 1. The average molecular weight is 385 g/mol. The molecule has 1 aliphatic rings. The van der Waals surface area contributed by atoms with Crippen molar-refractivity contribution < 1.29 is 9.21 Å². The van der Waals surface area contributed by atoms with Crippen LogP contribution in [0.5, 0.6) is 0 Å². The Labute approximate surface area is 169 Å². The zero-order chi connectivity index (χ0) is 19.6. The van der Waals surface area contributed by atoms with E-state index >= 15 is 0 Å². The molecule has 0 aliphatic carbocycles. The minimum Gasteiger partial charge on any atom is -0.423 e. The molecule has 3 aromatic carbocycles. The standard InChI is InChI=1S/C24H23N3O2/c28-23(15-18-9-5-8-17-7-1-2-11-20(17)18)25-16-19-10-6-14-27(19)24-26-21-12-3-4-13-22(21)29-24/h1-5,7-9,11-13,19H,6,10,14-16H2,(H,25,28)/t19-/m0/s1. The van der Waals surface area contributed by atoms with E-state index in [2.05, 4.69) is 33.4 Å². The molecule has 0 saturated carbocycles. The molecule has 1 aromatic heterocycles. The molecule has 5 rings (SSSR count). The smallest absolute Gasteiger partial charge is 0.298 e. The van der Waals surface area contributed by atoms with Gasteiger partial charge in [0.05, 0.1) is 12.5 Å². The van der Waals surface area contributed by atoms with Crippen LogP contribution in [-0.4, -0.2) is 30.0 Å². The van der Waals surface area contributed by atoms with Crippen molar-refractivity contribution in [3.63, 3.8) is 0 Å². The third-order valence-electron chi connectivity index (χ3n) is 5.67. The lowest BCUT2D eigenvalue weighted by molar-refractivity contribution is -0.120. The molecule has 1 atom stereocenters. The minimum atomic E-state index is 0.0470. The van der Waals surface area contributed by atoms with E-state index in [1.807, 2.05) is 48.5 Å². The van der Waals surface area contributed by atoms with E-state index in [1.54, 1.807) is 0 Å². The van der Waals surface area contributed by atoms with Crippen LogP contribution in [0.15, 0.2) is 71.1 Å². The van der Waals surface area contributed by atoms with Crippen molar-refractivity contribution in [1.82, 2.24) is 10.3 Å². The van der Waals surface area contributed by atoms with Gasteiger partial charge >= 0.3 is 0 Å². The summed E-state index contributed by atoms with van der Waals surface area (Å²) in [5.41, 5.74) is 2.73. The van der Waals surface area contributed by atoms with Crippen LogP contribution in [0.25, 0.3) is 21.9 Å².